The summed E-state index contributed by atoms with van der Waals surface area (Å²) in [5, 5.41) is 4.18. The number of hydrogen-bond acceptors (Lipinski definition) is 2. The van der Waals surface area contributed by atoms with Crippen LogP contribution in [0.3, 0.4) is 0 Å². The van der Waals surface area contributed by atoms with E-state index in [1.54, 1.807) is 6.20 Å². The minimum absolute atomic E-state index is 0.110. The van der Waals surface area contributed by atoms with E-state index in [1.165, 1.54) is 5.56 Å². The largest absolute Gasteiger partial charge is 0.370 e. The maximum Gasteiger partial charge on any atom is 0.186 e. The fraction of sp³-hybridized carbons (Fsp3) is 0.167. The van der Waals surface area contributed by atoms with Crippen LogP contribution in [0.15, 0.2) is 47.7 Å². The van der Waals surface area contributed by atoms with Gasteiger partial charge in [0.25, 0.3) is 0 Å². The molecule has 1 aromatic heterocycles. The number of nitrogens with two attached hydrogens (primary N) is 2. The third-order valence-electron chi connectivity index (χ3n) is 2.44. The summed E-state index contributed by atoms with van der Waals surface area (Å²) in [5.41, 5.74) is 12.9. The van der Waals surface area contributed by atoms with Gasteiger partial charge < -0.3 is 11.5 Å². The van der Waals surface area contributed by atoms with Crippen LogP contribution in [0.25, 0.3) is 0 Å². The van der Waals surface area contributed by atoms with Crippen molar-refractivity contribution in [2.75, 3.05) is 0 Å². The summed E-state index contributed by atoms with van der Waals surface area (Å²) in [5.74, 6) is 0.110. The van der Waals surface area contributed by atoms with E-state index in [1.807, 2.05) is 35.1 Å². The van der Waals surface area contributed by atoms with Gasteiger partial charge in [0.05, 0.1) is 13.1 Å². The van der Waals surface area contributed by atoms with Crippen LogP contribution < -0.4 is 11.5 Å². The SMILES string of the molecule is NC(N)=NCc1ccccc1Cn1cccn1. The lowest BCUT2D eigenvalue weighted by Gasteiger charge is -2.07. The molecule has 0 aliphatic rings. The van der Waals surface area contributed by atoms with Gasteiger partial charge in [0.1, 0.15) is 0 Å². The Morgan fingerprint density at radius 1 is 1.18 bits per heavy atom. The molecule has 4 N–H and O–H groups in total. The van der Waals surface area contributed by atoms with Gasteiger partial charge in [0.15, 0.2) is 5.96 Å². The molecule has 0 radical (unpaired) electrons. The first kappa shape index (κ1) is 11.2. The Morgan fingerprint density at radius 3 is 2.59 bits per heavy atom. The lowest BCUT2D eigenvalue weighted by Crippen LogP contribution is -2.22. The van der Waals surface area contributed by atoms with Crippen LogP contribution in [0.1, 0.15) is 11.1 Å². The smallest absolute Gasteiger partial charge is 0.186 e. The van der Waals surface area contributed by atoms with E-state index in [9.17, 15) is 0 Å². The summed E-state index contributed by atoms with van der Waals surface area (Å²) in [6, 6.07) is 9.95. The zero-order valence-electron chi connectivity index (χ0n) is 9.45. The van der Waals surface area contributed by atoms with E-state index in [2.05, 4.69) is 16.2 Å². The first-order valence-corrected chi connectivity index (χ1v) is 5.35. The molecule has 0 saturated heterocycles. The van der Waals surface area contributed by atoms with E-state index in [4.69, 9.17) is 11.5 Å². The van der Waals surface area contributed by atoms with E-state index in [0.717, 1.165) is 12.1 Å². The second-order valence-corrected chi connectivity index (χ2v) is 3.71. The summed E-state index contributed by atoms with van der Waals surface area (Å²) in [6.45, 7) is 1.23. The highest BCUT2D eigenvalue weighted by atomic mass is 15.3. The monoisotopic (exact) mass is 229 g/mol. The van der Waals surface area contributed by atoms with Gasteiger partial charge in [-0.25, -0.2) is 4.99 Å². The highest BCUT2D eigenvalue weighted by Gasteiger charge is 2.02. The summed E-state index contributed by atoms with van der Waals surface area (Å²) < 4.78 is 1.87. The lowest BCUT2D eigenvalue weighted by atomic mass is 10.1. The average Bonchev–Trinajstić information content (AvgIpc) is 2.80. The standard InChI is InChI=1S/C12H15N5/c13-12(14)15-8-10-4-1-2-5-11(10)9-17-7-3-6-16-17/h1-7H,8-9H2,(H4,13,14,15). The Balaban J connectivity index is 2.18. The number of benzene rings is 1. The number of nitrogens with zero attached hydrogens (tertiary/aromatic N) is 3. The van der Waals surface area contributed by atoms with Crippen molar-refractivity contribution in [3.05, 3.63) is 53.9 Å². The van der Waals surface area contributed by atoms with Crippen LogP contribution in [0, 0.1) is 0 Å². The quantitative estimate of drug-likeness (QED) is 0.598. The summed E-state index contributed by atoms with van der Waals surface area (Å²) >= 11 is 0. The molecule has 1 heterocycles. The molecule has 0 bridgehead atoms. The van der Waals surface area contributed by atoms with Crippen LogP contribution >= 0.6 is 0 Å². The third kappa shape index (κ3) is 3.07. The molecule has 2 aromatic rings. The van der Waals surface area contributed by atoms with Crippen molar-refractivity contribution in [2.45, 2.75) is 13.1 Å². The molecule has 0 aliphatic carbocycles. The van der Waals surface area contributed by atoms with Crippen molar-refractivity contribution >= 4 is 5.96 Å². The topological polar surface area (TPSA) is 82.2 Å². The number of hydrogen-bond donors (Lipinski definition) is 2. The molecular formula is C12H15N5. The van der Waals surface area contributed by atoms with Gasteiger partial charge in [0, 0.05) is 12.4 Å². The predicted molar refractivity (Wildman–Crippen MR) is 67.3 cm³/mol. The first-order chi connectivity index (χ1) is 8.25. The van der Waals surface area contributed by atoms with Crippen molar-refractivity contribution < 1.29 is 0 Å². The summed E-state index contributed by atoms with van der Waals surface area (Å²) in [7, 11) is 0. The molecule has 0 atom stereocenters. The fourth-order valence-corrected chi connectivity index (χ4v) is 1.61. The molecule has 2 rings (SSSR count). The van der Waals surface area contributed by atoms with Gasteiger partial charge in [-0.15, -0.1) is 0 Å². The highest BCUT2D eigenvalue weighted by molar-refractivity contribution is 5.75. The van der Waals surface area contributed by atoms with Gasteiger partial charge in [-0.1, -0.05) is 24.3 Å². The molecule has 1 aromatic carbocycles. The Morgan fingerprint density at radius 2 is 1.94 bits per heavy atom. The molecule has 88 valence electrons. The zero-order chi connectivity index (χ0) is 12.1. The minimum atomic E-state index is 0.110. The zero-order valence-corrected chi connectivity index (χ0v) is 9.45. The summed E-state index contributed by atoms with van der Waals surface area (Å²) in [6.07, 6.45) is 3.69. The average molecular weight is 229 g/mol. The third-order valence-corrected chi connectivity index (χ3v) is 2.44. The van der Waals surface area contributed by atoms with E-state index in [0.29, 0.717) is 6.54 Å². The van der Waals surface area contributed by atoms with Crippen molar-refractivity contribution in [2.24, 2.45) is 16.5 Å². The van der Waals surface area contributed by atoms with Crippen molar-refractivity contribution in [3.8, 4) is 0 Å². The molecule has 0 spiro atoms. The first-order valence-electron chi connectivity index (χ1n) is 5.35. The van der Waals surface area contributed by atoms with Gasteiger partial charge in [0.2, 0.25) is 0 Å². The Bertz CT molecular complexity index is 497. The normalized spacial score (nSPS) is 10.1. The molecular weight excluding hydrogens is 214 g/mol. The number of rotatable bonds is 4. The number of aromatic nitrogens is 2. The minimum Gasteiger partial charge on any atom is -0.370 e. The fourth-order valence-electron chi connectivity index (χ4n) is 1.61. The molecule has 0 unspecified atom stereocenters. The van der Waals surface area contributed by atoms with Gasteiger partial charge in [-0.2, -0.15) is 5.10 Å². The predicted octanol–water partition coefficient (Wildman–Crippen LogP) is 0.705. The second-order valence-electron chi connectivity index (χ2n) is 3.71. The van der Waals surface area contributed by atoms with Gasteiger partial charge in [-0.3, -0.25) is 4.68 Å². The highest BCUT2D eigenvalue weighted by Crippen LogP contribution is 2.11. The molecule has 17 heavy (non-hydrogen) atoms. The van der Waals surface area contributed by atoms with E-state index in [-0.39, 0.29) is 5.96 Å². The maximum absolute atomic E-state index is 5.34. The Hall–Kier alpha value is -2.30. The lowest BCUT2D eigenvalue weighted by molar-refractivity contribution is 0.681. The van der Waals surface area contributed by atoms with Crippen LogP contribution in [0.4, 0.5) is 0 Å². The van der Waals surface area contributed by atoms with E-state index >= 15 is 0 Å². The molecule has 0 aliphatic heterocycles. The van der Waals surface area contributed by atoms with Crippen molar-refractivity contribution in [1.29, 1.82) is 0 Å². The molecule has 5 heteroatoms. The maximum atomic E-state index is 5.34. The molecule has 0 amide bonds. The van der Waals surface area contributed by atoms with Crippen LogP contribution in [0.2, 0.25) is 0 Å². The number of guanidine groups is 1. The van der Waals surface area contributed by atoms with Gasteiger partial charge >= 0.3 is 0 Å². The molecule has 5 nitrogen and oxygen atoms in total. The van der Waals surface area contributed by atoms with Crippen LogP contribution in [-0.2, 0) is 13.1 Å². The van der Waals surface area contributed by atoms with Crippen molar-refractivity contribution in [3.63, 3.8) is 0 Å². The van der Waals surface area contributed by atoms with E-state index < -0.39 is 0 Å². The van der Waals surface area contributed by atoms with Crippen LogP contribution in [0.5, 0.6) is 0 Å². The number of aliphatic imine (C=N–C) groups is 1. The Kier molecular flexibility index (Phi) is 3.40. The van der Waals surface area contributed by atoms with Crippen LogP contribution in [-0.4, -0.2) is 15.7 Å². The Labute approximate surface area is 99.8 Å². The second kappa shape index (κ2) is 5.16. The van der Waals surface area contributed by atoms with Crippen molar-refractivity contribution in [1.82, 2.24) is 9.78 Å². The van der Waals surface area contributed by atoms with Gasteiger partial charge in [-0.05, 0) is 17.2 Å². The summed E-state index contributed by atoms with van der Waals surface area (Å²) in [4.78, 5) is 4.03. The molecule has 0 saturated carbocycles. The molecule has 0 fully saturated rings.